The van der Waals surface area contributed by atoms with Crippen LogP contribution in [0, 0.1) is 11.6 Å². The normalized spacial score (nSPS) is 11.1. The van der Waals surface area contributed by atoms with Crippen molar-refractivity contribution in [2.24, 2.45) is 0 Å². The lowest BCUT2D eigenvalue weighted by Crippen LogP contribution is -2.22. The van der Waals surface area contributed by atoms with Crippen LogP contribution in [0.2, 0.25) is 5.02 Å². The van der Waals surface area contributed by atoms with E-state index in [4.69, 9.17) is 11.6 Å². The molecule has 27 heavy (non-hydrogen) atoms. The first kappa shape index (κ1) is 20.8. The van der Waals surface area contributed by atoms with Crippen molar-refractivity contribution in [1.82, 2.24) is 0 Å². The zero-order chi connectivity index (χ0) is 20.0. The van der Waals surface area contributed by atoms with Gasteiger partial charge in [0.1, 0.15) is 11.6 Å². The standard InChI is InChI=1S/C17H14ClF2NO5S/c18-11-1-4-13(5-2-11)27(24,25)8-7-17(23)26-10-16(22)21-15-6-3-12(19)9-14(15)20/h1-6,9H,7-8,10H2,(H,21,22). The predicted molar refractivity (Wildman–Crippen MR) is 94.1 cm³/mol. The minimum Gasteiger partial charge on any atom is -0.456 e. The summed E-state index contributed by atoms with van der Waals surface area (Å²) in [6, 6.07) is 8.00. The molecule has 0 atom stereocenters. The van der Waals surface area contributed by atoms with Gasteiger partial charge >= 0.3 is 5.97 Å². The van der Waals surface area contributed by atoms with Gasteiger partial charge in [0.15, 0.2) is 16.4 Å². The molecule has 0 aliphatic heterocycles. The summed E-state index contributed by atoms with van der Waals surface area (Å²) in [5.74, 6) is -4.07. The first-order valence-electron chi connectivity index (χ1n) is 7.56. The fraction of sp³-hybridized carbons (Fsp3) is 0.176. The van der Waals surface area contributed by atoms with E-state index in [2.05, 4.69) is 10.1 Å². The Morgan fingerprint density at radius 3 is 2.37 bits per heavy atom. The van der Waals surface area contributed by atoms with Crippen LogP contribution < -0.4 is 5.32 Å². The number of nitrogens with one attached hydrogen (secondary N) is 1. The van der Waals surface area contributed by atoms with Crippen LogP contribution >= 0.6 is 11.6 Å². The van der Waals surface area contributed by atoms with E-state index in [1.807, 2.05) is 0 Å². The van der Waals surface area contributed by atoms with E-state index in [0.717, 1.165) is 12.1 Å². The van der Waals surface area contributed by atoms with Crippen molar-refractivity contribution in [2.45, 2.75) is 11.3 Å². The number of anilines is 1. The Kier molecular flexibility index (Phi) is 6.86. The van der Waals surface area contributed by atoms with Crippen molar-refractivity contribution in [2.75, 3.05) is 17.7 Å². The third-order valence-electron chi connectivity index (χ3n) is 3.32. The van der Waals surface area contributed by atoms with Gasteiger partial charge in [-0.15, -0.1) is 0 Å². The fourth-order valence-electron chi connectivity index (χ4n) is 1.97. The second-order valence-corrected chi connectivity index (χ2v) is 7.90. The van der Waals surface area contributed by atoms with Gasteiger partial charge in [0, 0.05) is 11.1 Å². The smallest absolute Gasteiger partial charge is 0.307 e. The molecule has 6 nitrogen and oxygen atoms in total. The Morgan fingerprint density at radius 1 is 1.07 bits per heavy atom. The number of esters is 1. The molecule has 0 aliphatic carbocycles. The van der Waals surface area contributed by atoms with Crippen molar-refractivity contribution >= 4 is 39.0 Å². The molecule has 0 saturated carbocycles. The number of amides is 1. The number of sulfone groups is 1. The number of hydrogen-bond acceptors (Lipinski definition) is 5. The Labute approximate surface area is 159 Å². The Bertz CT molecular complexity index is 948. The van der Waals surface area contributed by atoms with E-state index < -0.39 is 52.1 Å². The molecular weight excluding hydrogens is 404 g/mol. The molecular formula is C17H14ClF2NO5S. The lowest BCUT2D eigenvalue weighted by atomic mass is 10.3. The average Bonchev–Trinajstić information content (AvgIpc) is 2.61. The minimum atomic E-state index is -3.71. The molecule has 0 fully saturated rings. The highest BCUT2D eigenvalue weighted by molar-refractivity contribution is 7.91. The summed E-state index contributed by atoms with van der Waals surface area (Å²) in [4.78, 5) is 23.3. The zero-order valence-corrected chi connectivity index (χ0v) is 15.3. The van der Waals surface area contributed by atoms with Gasteiger partial charge in [0.05, 0.1) is 22.8 Å². The van der Waals surface area contributed by atoms with E-state index in [0.29, 0.717) is 11.1 Å². The van der Waals surface area contributed by atoms with E-state index in [1.165, 1.54) is 24.3 Å². The summed E-state index contributed by atoms with van der Waals surface area (Å²) in [5, 5.41) is 2.48. The van der Waals surface area contributed by atoms with Gasteiger partial charge in [0.2, 0.25) is 0 Å². The molecule has 2 rings (SSSR count). The molecule has 0 bridgehead atoms. The maximum absolute atomic E-state index is 13.4. The molecule has 10 heteroatoms. The van der Waals surface area contributed by atoms with Crippen molar-refractivity contribution < 1.29 is 31.5 Å². The summed E-state index contributed by atoms with van der Waals surface area (Å²) in [5.41, 5.74) is -0.275. The lowest BCUT2D eigenvalue weighted by Gasteiger charge is -2.08. The summed E-state index contributed by atoms with van der Waals surface area (Å²) in [6.45, 7) is -0.739. The quantitative estimate of drug-likeness (QED) is 0.699. The number of carbonyl (C=O) groups is 2. The summed E-state index contributed by atoms with van der Waals surface area (Å²) < 4.78 is 55.0. The van der Waals surface area contributed by atoms with Crippen LogP contribution in [0.3, 0.4) is 0 Å². The number of benzene rings is 2. The molecule has 1 amide bonds. The maximum atomic E-state index is 13.4. The van der Waals surface area contributed by atoms with Gasteiger partial charge in [-0.1, -0.05) is 11.6 Å². The van der Waals surface area contributed by atoms with Crippen LogP contribution in [0.25, 0.3) is 0 Å². The molecule has 2 aromatic rings. The third kappa shape index (κ3) is 6.30. The van der Waals surface area contributed by atoms with Gasteiger partial charge < -0.3 is 10.1 Å². The van der Waals surface area contributed by atoms with Crippen LogP contribution in [0.4, 0.5) is 14.5 Å². The maximum Gasteiger partial charge on any atom is 0.307 e. The van der Waals surface area contributed by atoms with Crippen molar-refractivity contribution in [1.29, 1.82) is 0 Å². The van der Waals surface area contributed by atoms with E-state index in [9.17, 15) is 26.8 Å². The van der Waals surface area contributed by atoms with Crippen molar-refractivity contribution in [3.05, 3.63) is 59.1 Å². The van der Waals surface area contributed by atoms with Crippen molar-refractivity contribution in [3.63, 3.8) is 0 Å². The molecule has 0 aliphatic rings. The van der Waals surface area contributed by atoms with Crippen LogP contribution in [-0.2, 0) is 24.2 Å². The summed E-state index contributed by atoms with van der Waals surface area (Å²) in [6.07, 6.45) is -0.469. The van der Waals surface area contributed by atoms with Crippen LogP contribution in [0.15, 0.2) is 47.4 Å². The second-order valence-electron chi connectivity index (χ2n) is 5.36. The van der Waals surface area contributed by atoms with Gasteiger partial charge in [0.25, 0.3) is 5.91 Å². The number of rotatable bonds is 7. The highest BCUT2D eigenvalue weighted by Gasteiger charge is 2.18. The Hall–Kier alpha value is -2.52. The number of hydrogen-bond donors (Lipinski definition) is 1. The number of carbonyl (C=O) groups excluding carboxylic acids is 2. The molecule has 2 aromatic carbocycles. The van der Waals surface area contributed by atoms with Crippen molar-refractivity contribution in [3.8, 4) is 0 Å². The molecule has 0 saturated heterocycles. The van der Waals surface area contributed by atoms with Gasteiger partial charge in [-0.2, -0.15) is 0 Å². The molecule has 0 aromatic heterocycles. The first-order valence-corrected chi connectivity index (χ1v) is 9.59. The monoisotopic (exact) mass is 417 g/mol. The van der Waals surface area contributed by atoms with Gasteiger partial charge in [-0.3, -0.25) is 9.59 Å². The number of halogens is 3. The van der Waals surface area contributed by atoms with Gasteiger partial charge in [-0.05, 0) is 36.4 Å². The predicted octanol–water partition coefficient (Wildman–Crippen LogP) is 2.96. The molecule has 144 valence electrons. The SMILES string of the molecule is O=C(COC(=O)CCS(=O)(=O)c1ccc(Cl)cc1)Nc1ccc(F)cc1F. The number of ether oxygens (including phenoxy) is 1. The third-order valence-corrected chi connectivity index (χ3v) is 5.30. The topological polar surface area (TPSA) is 89.5 Å². The second kappa shape index (κ2) is 8.92. The van der Waals surface area contributed by atoms with Crippen LogP contribution in [0.1, 0.15) is 6.42 Å². The van der Waals surface area contributed by atoms with Gasteiger partial charge in [-0.25, -0.2) is 17.2 Å². The highest BCUT2D eigenvalue weighted by atomic mass is 35.5. The Balaban J connectivity index is 1.81. The molecule has 1 N–H and O–H groups in total. The lowest BCUT2D eigenvalue weighted by molar-refractivity contribution is -0.146. The molecule has 0 unspecified atom stereocenters. The summed E-state index contributed by atoms with van der Waals surface area (Å²) >= 11 is 5.69. The zero-order valence-electron chi connectivity index (χ0n) is 13.7. The molecule has 0 heterocycles. The largest absolute Gasteiger partial charge is 0.456 e. The minimum absolute atomic E-state index is 0.00391. The molecule has 0 spiro atoms. The van der Waals surface area contributed by atoms with E-state index >= 15 is 0 Å². The van der Waals surface area contributed by atoms with E-state index in [1.54, 1.807) is 0 Å². The summed E-state index contributed by atoms with van der Waals surface area (Å²) in [7, 11) is -3.71. The first-order chi connectivity index (χ1) is 12.7. The Morgan fingerprint density at radius 2 is 1.74 bits per heavy atom. The average molecular weight is 418 g/mol. The molecule has 0 radical (unpaired) electrons. The highest BCUT2D eigenvalue weighted by Crippen LogP contribution is 2.16. The van der Waals surface area contributed by atoms with Crippen LogP contribution in [-0.4, -0.2) is 32.7 Å². The fourth-order valence-corrected chi connectivity index (χ4v) is 3.32. The van der Waals surface area contributed by atoms with Crippen LogP contribution in [0.5, 0.6) is 0 Å². The van der Waals surface area contributed by atoms with E-state index in [-0.39, 0.29) is 10.6 Å².